The van der Waals surface area contributed by atoms with Crippen molar-refractivity contribution in [3.8, 4) is 0 Å². The molecule has 0 heterocycles. The van der Waals surface area contributed by atoms with Gasteiger partial charge in [0.05, 0.1) is 6.61 Å². The van der Waals surface area contributed by atoms with E-state index in [4.69, 9.17) is 10.2 Å². The smallest absolute Gasteiger partial charge is 0.370 e. The van der Waals surface area contributed by atoms with Crippen molar-refractivity contribution in [3.63, 3.8) is 0 Å². The minimum absolute atomic E-state index is 0.341. The van der Waals surface area contributed by atoms with Crippen molar-refractivity contribution >= 4 is 11.9 Å². The third kappa shape index (κ3) is 12.9. The van der Waals surface area contributed by atoms with Crippen LogP contribution in [-0.2, 0) is 14.3 Å². The molecule has 0 radical (unpaired) electrons. The molecule has 80 valence electrons. The highest BCUT2D eigenvalue weighted by Gasteiger charge is 1.94. The molecule has 0 fully saturated rings. The molecule has 5 heteroatoms. The fourth-order valence-corrected chi connectivity index (χ4v) is 0.262. The van der Waals surface area contributed by atoms with E-state index in [2.05, 4.69) is 17.9 Å². The Balaban J connectivity index is 0. The third-order valence-electron chi connectivity index (χ3n) is 0.862. The Hall–Kier alpha value is -1.78. The normalized spacial score (nSPS) is 7.79. The number of carbonyl (C=O) groups is 2. The standard InChI is InChI=1S/C6H10O2.C3H4O3/c1-3-5-8-6(7)4-2;1-2(4)3(5)6/h4H,2-3,5H2,1H3;4H,1H2,(H,5,6). The lowest BCUT2D eigenvalue weighted by Gasteiger charge is -1.94. The molecule has 0 aliphatic carbocycles. The second-order valence-electron chi connectivity index (χ2n) is 2.12. The Labute approximate surface area is 82.3 Å². The zero-order valence-corrected chi connectivity index (χ0v) is 8.02. The number of hydrogen-bond acceptors (Lipinski definition) is 4. The van der Waals surface area contributed by atoms with Crippen LogP contribution < -0.4 is 0 Å². The summed E-state index contributed by atoms with van der Waals surface area (Å²) in [4.78, 5) is 19.6. The summed E-state index contributed by atoms with van der Waals surface area (Å²) < 4.78 is 4.58. The second-order valence-corrected chi connectivity index (χ2v) is 2.12. The van der Waals surface area contributed by atoms with Gasteiger partial charge in [0.1, 0.15) is 0 Å². The van der Waals surface area contributed by atoms with Crippen molar-refractivity contribution in [2.45, 2.75) is 13.3 Å². The molecule has 0 saturated heterocycles. The summed E-state index contributed by atoms with van der Waals surface area (Å²) in [6.07, 6.45) is 2.02. The molecule has 0 amide bonds. The number of carboxylic acids is 1. The largest absolute Gasteiger partial charge is 0.502 e. The van der Waals surface area contributed by atoms with Crippen LogP contribution in [0.5, 0.6) is 0 Å². The molecule has 0 saturated carbocycles. The number of aliphatic hydroxyl groups is 1. The molecule has 0 spiro atoms. The van der Waals surface area contributed by atoms with Gasteiger partial charge in [-0.2, -0.15) is 0 Å². The highest BCUT2D eigenvalue weighted by molar-refractivity contribution is 5.82. The van der Waals surface area contributed by atoms with Gasteiger partial charge >= 0.3 is 11.9 Å². The number of rotatable bonds is 4. The molecule has 0 unspecified atom stereocenters. The SMILES string of the molecule is C=C(O)C(=O)O.C=CC(=O)OCCC. The highest BCUT2D eigenvalue weighted by atomic mass is 16.5. The lowest BCUT2D eigenvalue weighted by atomic mass is 10.5. The summed E-state index contributed by atoms with van der Waals surface area (Å²) in [7, 11) is 0. The molecule has 5 nitrogen and oxygen atoms in total. The van der Waals surface area contributed by atoms with E-state index in [0.717, 1.165) is 12.5 Å². The molecule has 2 N–H and O–H groups in total. The van der Waals surface area contributed by atoms with Gasteiger partial charge in [0.25, 0.3) is 0 Å². The molecule has 0 bridgehead atoms. The Morgan fingerprint density at radius 3 is 2.07 bits per heavy atom. The first-order valence-electron chi connectivity index (χ1n) is 3.86. The Morgan fingerprint density at radius 2 is 1.86 bits per heavy atom. The summed E-state index contributed by atoms with van der Waals surface area (Å²) in [5, 5.41) is 15.5. The van der Waals surface area contributed by atoms with E-state index in [1.54, 1.807) is 0 Å². The monoisotopic (exact) mass is 202 g/mol. The van der Waals surface area contributed by atoms with Crippen LogP contribution in [0.15, 0.2) is 25.0 Å². The van der Waals surface area contributed by atoms with Gasteiger partial charge in [0.2, 0.25) is 0 Å². The molecule has 0 aromatic rings. The van der Waals surface area contributed by atoms with Crippen LogP contribution in [-0.4, -0.2) is 28.8 Å². The molecular formula is C9H14O5. The zero-order valence-electron chi connectivity index (χ0n) is 8.02. The number of carboxylic acid groups (broad SMARTS) is 1. The Morgan fingerprint density at radius 1 is 1.43 bits per heavy atom. The molecule has 14 heavy (non-hydrogen) atoms. The molecular weight excluding hydrogens is 188 g/mol. The Bertz CT molecular complexity index is 207. The van der Waals surface area contributed by atoms with Crippen LogP contribution in [0.4, 0.5) is 0 Å². The van der Waals surface area contributed by atoms with E-state index < -0.39 is 11.7 Å². The van der Waals surface area contributed by atoms with Crippen LogP contribution in [0.1, 0.15) is 13.3 Å². The summed E-state index contributed by atoms with van der Waals surface area (Å²) in [6.45, 7) is 8.38. The predicted molar refractivity (Wildman–Crippen MR) is 50.9 cm³/mol. The Kier molecular flexibility index (Phi) is 9.79. The van der Waals surface area contributed by atoms with Gasteiger partial charge in [0, 0.05) is 6.08 Å². The summed E-state index contributed by atoms with van der Waals surface area (Å²) in [6, 6.07) is 0. The number of hydrogen-bond donors (Lipinski definition) is 2. The van der Waals surface area contributed by atoms with E-state index >= 15 is 0 Å². The van der Waals surface area contributed by atoms with Crippen molar-refractivity contribution < 1.29 is 24.5 Å². The average Bonchev–Trinajstić information content (AvgIpc) is 2.14. The highest BCUT2D eigenvalue weighted by Crippen LogP contribution is 1.81. The van der Waals surface area contributed by atoms with Crippen LogP contribution in [0, 0.1) is 0 Å². The first kappa shape index (κ1) is 14.7. The molecule has 0 rings (SSSR count). The quantitative estimate of drug-likeness (QED) is 0.407. The van der Waals surface area contributed by atoms with Crippen LogP contribution in [0.25, 0.3) is 0 Å². The van der Waals surface area contributed by atoms with E-state index in [9.17, 15) is 9.59 Å². The lowest BCUT2D eigenvalue weighted by molar-refractivity contribution is -0.138. The van der Waals surface area contributed by atoms with Gasteiger partial charge in [-0.3, -0.25) is 0 Å². The maximum absolute atomic E-state index is 10.2. The average molecular weight is 202 g/mol. The van der Waals surface area contributed by atoms with E-state index in [-0.39, 0.29) is 5.97 Å². The first-order valence-corrected chi connectivity index (χ1v) is 3.86. The molecule has 0 aromatic heterocycles. The number of ether oxygens (including phenoxy) is 1. The van der Waals surface area contributed by atoms with Crippen LogP contribution in [0.3, 0.4) is 0 Å². The maximum Gasteiger partial charge on any atom is 0.370 e. The number of carbonyl (C=O) groups excluding carboxylic acids is 1. The number of esters is 1. The molecule has 0 aromatic carbocycles. The minimum atomic E-state index is -1.38. The van der Waals surface area contributed by atoms with Gasteiger partial charge in [-0.25, -0.2) is 9.59 Å². The number of aliphatic carboxylic acids is 1. The lowest BCUT2D eigenvalue weighted by Crippen LogP contribution is -1.99. The third-order valence-corrected chi connectivity index (χ3v) is 0.862. The first-order chi connectivity index (χ1) is 6.45. The van der Waals surface area contributed by atoms with Gasteiger partial charge in [-0.1, -0.05) is 13.5 Å². The van der Waals surface area contributed by atoms with Crippen LogP contribution in [0.2, 0.25) is 0 Å². The fourth-order valence-electron chi connectivity index (χ4n) is 0.262. The van der Waals surface area contributed by atoms with Gasteiger partial charge in [-0.05, 0) is 13.0 Å². The van der Waals surface area contributed by atoms with Crippen molar-refractivity contribution in [1.29, 1.82) is 0 Å². The van der Waals surface area contributed by atoms with Crippen molar-refractivity contribution in [3.05, 3.63) is 25.0 Å². The van der Waals surface area contributed by atoms with Crippen molar-refractivity contribution in [1.82, 2.24) is 0 Å². The predicted octanol–water partition coefficient (Wildman–Crippen LogP) is 1.27. The van der Waals surface area contributed by atoms with Gasteiger partial charge in [-0.15, -0.1) is 0 Å². The van der Waals surface area contributed by atoms with E-state index in [1.807, 2.05) is 6.92 Å². The van der Waals surface area contributed by atoms with Crippen molar-refractivity contribution in [2.75, 3.05) is 6.61 Å². The van der Waals surface area contributed by atoms with Crippen LogP contribution >= 0.6 is 0 Å². The molecule has 0 atom stereocenters. The summed E-state index contributed by atoms with van der Waals surface area (Å²) in [5.74, 6) is -2.54. The van der Waals surface area contributed by atoms with Gasteiger partial charge in [0.15, 0.2) is 5.76 Å². The second kappa shape index (κ2) is 9.31. The van der Waals surface area contributed by atoms with E-state index in [0.29, 0.717) is 6.61 Å². The number of aliphatic hydroxyl groups excluding tert-OH is 1. The van der Waals surface area contributed by atoms with E-state index in [1.165, 1.54) is 0 Å². The summed E-state index contributed by atoms with van der Waals surface area (Å²) >= 11 is 0. The van der Waals surface area contributed by atoms with Crippen molar-refractivity contribution in [2.24, 2.45) is 0 Å². The summed E-state index contributed by atoms with van der Waals surface area (Å²) in [5.41, 5.74) is 0. The van der Waals surface area contributed by atoms with Gasteiger partial charge < -0.3 is 14.9 Å². The zero-order chi connectivity index (χ0) is 11.6. The fraction of sp³-hybridized carbons (Fsp3) is 0.333. The molecule has 0 aliphatic rings. The molecule has 0 aliphatic heterocycles. The maximum atomic E-state index is 10.2. The minimum Gasteiger partial charge on any atom is -0.502 e. The topological polar surface area (TPSA) is 83.8 Å².